The minimum Gasteiger partial charge on any atom is -0.378 e. The van der Waals surface area contributed by atoms with Gasteiger partial charge in [-0.3, -0.25) is 0 Å². The molecule has 12 heavy (non-hydrogen) atoms. The van der Waals surface area contributed by atoms with Crippen LogP contribution >= 0.6 is 0 Å². The summed E-state index contributed by atoms with van der Waals surface area (Å²) < 4.78 is 5.68. The Bertz CT molecular complexity index is 81.1. The van der Waals surface area contributed by atoms with E-state index in [1.807, 2.05) is 0 Å². The van der Waals surface area contributed by atoms with E-state index in [1.165, 1.54) is 32.1 Å². The predicted molar refractivity (Wildman–Crippen MR) is 54.1 cm³/mol. The second-order valence-electron chi connectivity index (χ2n) is 3.24. The van der Waals surface area contributed by atoms with E-state index >= 15 is 0 Å². The number of hydrogen-bond acceptors (Lipinski definition) is 1. The molecule has 1 atom stereocenters. The van der Waals surface area contributed by atoms with Crippen LogP contribution in [0.4, 0.5) is 0 Å². The average molecular weight is 171 g/mol. The molecule has 0 fully saturated rings. The molecule has 0 heterocycles. The first kappa shape index (κ1) is 12.0. The highest BCUT2D eigenvalue weighted by molar-refractivity contribution is 4.71. The minimum atomic E-state index is 0.400. The molecule has 0 aliphatic carbocycles. The topological polar surface area (TPSA) is 9.23 Å². The van der Waals surface area contributed by atoms with Crippen molar-refractivity contribution in [2.75, 3.05) is 6.61 Å². The molecule has 0 spiro atoms. The summed E-state index contributed by atoms with van der Waals surface area (Å²) >= 11 is 0. The maximum atomic E-state index is 5.68. The smallest absolute Gasteiger partial charge is 0.0604 e. The molecule has 1 radical (unpaired) electrons. The molecule has 0 amide bonds. The van der Waals surface area contributed by atoms with Crippen molar-refractivity contribution in [2.45, 2.75) is 59.0 Å². The van der Waals surface area contributed by atoms with E-state index in [1.54, 1.807) is 0 Å². The van der Waals surface area contributed by atoms with Gasteiger partial charge in [-0.05, 0) is 19.3 Å². The molecule has 1 nitrogen and oxygen atoms in total. The van der Waals surface area contributed by atoms with Gasteiger partial charge in [0.15, 0.2) is 0 Å². The van der Waals surface area contributed by atoms with Gasteiger partial charge in [-0.25, -0.2) is 0 Å². The molecule has 0 aliphatic rings. The third kappa shape index (κ3) is 6.66. The molecule has 1 heteroatoms. The quantitative estimate of drug-likeness (QED) is 0.507. The summed E-state index contributed by atoms with van der Waals surface area (Å²) in [6.45, 7) is 7.43. The highest BCUT2D eigenvalue weighted by atomic mass is 16.5. The molecule has 0 N–H and O–H groups in total. The van der Waals surface area contributed by atoms with Gasteiger partial charge in [0.2, 0.25) is 0 Å². The Hall–Kier alpha value is -0.0400. The monoisotopic (exact) mass is 171 g/mol. The lowest BCUT2D eigenvalue weighted by molar-refractivity contribution is 0.0657. The highest BCUT2D eigenvalue weighted by Gasteiger charge is 2.04. The molecule has 0 rings (SSSR count). The van der Waals surface area contributed by atoms with Gasteiger partial charge >= 0.3 is 0 Å². The normalized spacial score (nSPS) is 13.2. The third-order valence-corrected chi connectivity index (χ3v) is 2.04. The van der Waals surface area contributed by atoms with Gasteiger partial charge in [-0.1, -0.05) is 40.0 Å². The molecule has 73 valence electrons. The van der Waals surface area contributed by atoms with Crippen LogP contribution in [0.25, 0.3) is 0 Å². The molecule has 0 saturated carbocycles. The van der Waals surface area contributed by atoms with Crippen LogP contribution in [0.15, 0.2) is 0 Å². The van der Waals surface area contributed by atoms with Crippen LogP contribution in [-0.4, -0.2) is 12.7 Å². The molecule has 0 aliphatic heterocycles. The number of rotatable bonds is 8. The molecule has 0 bridgehead atoms. The van der Waals surface area contributed by atoms with E-state index in [2.05, 4.69) is 27.2 Å². The van der Waals surface area contributed by atoms with Crippen LogP contribution < -0.4 is 0 Å². The SMILES string of the molecule is C[CH]C(CCCC)OCCCC. The Balaban J connectivity index is 3.26. The summed E-state index contributed by atoms with van der Waals surface area (Å²) in [5.41, 5.74) is 0. The van der Waals surface area contributed by atoms with Crippen molar-refractivity contribution in [3.63, 3.8) is 0 Å². The standard InChI is InChI=1S/C11H23O/c1-4-7-9-11(6-3)12-10-8-5-2/h6,11H,4-5,7-10H2,1-3H3. The fraction of sp³-hybridized carbons (Fsp3) is 0.909. The van der Waals surface area contributed by atoms with Crippen LogP contribution in [0, 0.1) is 6.42 Å². The Morgan fingerprint density at radius 2 is 1.83 bits per heavy atom. The van der Waals surface area contributed by atoms with Crippen molar-refractivity contribution in [1.29, 1.82) is 0 Å². The molecule has 0 aromatic rings. The van der Waals surface area contributed by atoms with E-state index in [4.69, 9.17) is 4.74 Å². The van der Waals surface area contributed by atoms with Gasteiger partial charge in [-0.15, -0.1) is 0 Å². The summed E-state index contributed by atoms with van der Waals surface area (Å²) in [7, 11) is 0. The van der Waals surface area contributed by atoms with E-state index in [-0.39, 0.29) is 0 Å². The molecule has 0 aromatic heterocycles. The van der Waals surface area contributed by atoms with Crippen LogP contribution in [0.3, 0.4) is 0 Å². The molecular weight excluding hydrogens is 148 g/mol. The van der Waals surface area contributed by atoms with E-state index in [9.17, 15) is 0 Å². The zero-order valence-electron chi connectivity index (χ0n) is 8.81. The summed E-state index contributed by atoms with van der Waals surface area (Å²) in [5, 5.41) is 0. The van der Waals surface area contributed by atoms with E-state index in [0.717, 1.165) is 6.61 Å². The second-order valence-corrected chi connectivity index (χ2v) is 3.24. The highest BCUT2D eigenvalue weighted by Crippen LogP contribution is 2.08. The molecule has 0 aromatic carbocycles. The second kappa shape index (κ2) is 9.05. The number of hydrogen-bond donors (Lipinski definition) is 0. The first-order valence-electron chi connectivity index (χ1n) is 5.26. The van der Waals surface area contributed by atoms with Crippen LogP contribution in [0.2, 0.25) is 0 Å². The molecule has 1 unspecified atom stereocenters. The molecular formula is C11H23O. The molecule has 0 saturated heterocycles. The zero-order chi connectivity index (χ0) is 9.23. The van der Waals surface area contributed by atoms with Gasteiger partial charge in [0.25, 0.3) is 0 Å². The first-order chi connectivity index (χ1) is 5.85. The Labute approximate surface area is 77.5 Å². The van der Waals surface area contributed by atoms with Gasteiger partial charge in [-0.2, -0.15) is 0 Å². The minimum absolute atomic E-state index is 0.400. The lowest BCUT2D eigenvalue weighted by Gasteiger charge is -2.14. The Kier molecular flexibility index (Phi) is 9.02. The average Bonchev–Trinajstić information content (AvgIpc) is 2.11. The summed E-state index contributed by atoms with van der Waals surface area (Å²) in [6.07, 6.45) is 8.72. The maximum Gasteiger partial charge on any atom is 0.0604 e. The fourth-order valence-corrected chi connectivity index (χ4v) is 1.13. The predicted octanol–water partition coefficient (Wildman–Crippen LogP) is 3.59. The largest absolute Gasteiger partial charge is 0.378 e. The zero-order valence-corrected chi connectivity index (χ0v) is 8.81. The van der Waals surface area contributed by atoms with Gasteiger partial charge in [0, 0.05) is 6.61 Å². The first-order valence-corrected chi connectivity index (χ1v) is 5.26. The number of unbranched alkanes of at least 4 members (excludes halogenated alkanes) is 2. The van der Waals surface area contributed by atoms with Crippen molar-refractivity contribution in [2.24, 2.45) is 0 Å². The number of ether oxygens (including phenoxy) is 1. The van der Waals surface area contributed by atoms with E-state index < -0.39 is 0 Å². The van der Waals surface area contributed by atoms with Crippen molar-refractivity contribution >= 4 is 0 Å². The van der Waals surface area contributed by atoms with Crippen molar-refractivity contribution in [1.82, 2.24) is 0 Å². The summed E-state index contributed by atoms with van der Waals surface area (Å²) in [6, 6.07) is 0. The van der Waals surface area contributed by atoms with E-state index in [0.29, 0.717) is 6.10 Å². The van der Waals surface area contributed by atoms with Gasteiger partial charge in [0.05, 0.1) is 6.10 Å². The van der Waals surface area contributed by atoms with Gasteiger partial charge < -0.3 is 4.74 Å². The van der Waals surface area contributed by atoms with Crippen molar-refractivity contribution in [3.8, 4) is 0 Å². The Morgan fingerprint density at radius 1 is 1.17 bits per heavy atom. The summed E-state index contributed by atoms with van der Waals surface area (Å²) in [4.78, 5) is 0. The van der Waals surface area contributed by atoms with Crippen molar-refractivity contribution in [3.05, 3.63) is 6.42 Å². The summed E-state index contributed by atoms with van der Waals surface area (Å²) in [5.74, 6) is 0. The van der Waals surface area contributed by atoms with Crippen molar-refractivity contribution < 1.29 is 4.74 Å². The maximum absolute atomic E-state index is 5.68. The Morgan fingerprint density at radius 3 is 2.33 bits per heavy atom. The third-order valence-electron chi connectivity index (χ3n) is 2.04. The lowest BCUT2D eigenvalue weighted by Crippen LogP contribution is -2.12. The fourth-order valence-electron chi connectivity index (χ4n) is 1.13. The van der Waals surface area contributed by atoms with Crippen LogP contribution in [0.1, 0.15) is 52.9 Å². The van der Waals surface area contributed by atoms with Crippen LogP contribution in [-0.2, 0) is 4.74 Å². The lowest BCUT2D eigenvalue weighted by atomic mass is 10.1. The van der Waals surface area contributed by atoms with Gasteiger partial charge in [0.1, 0.15) is 0 Å². The van der Waals surface area contributed by atoms with Crippen LogP contribution in [0.5, 0.6) is 0 Å².